The Bertz CT molecular complexity index is 416. The van der Waals surface area contributed by atoms with Gasteiger partial charge >= 0.3 is 0 Å². The second-order valence-corrected chi connectivity index (χ2v) is 4.90. The molecule has 0 aromatic heterocycles. The van der Waals surface area contributed by atoms with Crippen LogP contribution >= 0.6 is 0 Å². The number of halogens is 1. The van der Waals surface area contributed by atoms with Crippen LogP contribution in [0.3, 0.4) is 0 Å². The third kappa shape index (κ3) is 3.29. The van der Waals surface area contributed by atoms with E-state index >= 15 is 0 Å². The molecule has 2 rings (SSSR count). The quantitative estimate of drug-likeness (QED) is 0.883. The highest BCUT2D eigenvalue weighted by Gasteiger charge is 2.20. The summed E-state index contributed by atoms with van der Waals surface area (Å²) in [6.07, 6.45) is 1.61. The molecule has 1 atom stereocenters. The lowest BCUT2D eigenvalue weighted by molar-refractivity contribution is -0.131. The summed E-state index contributed by atoms with van der Waals surface area (Å²) in [6.45, 7) is 2.25. The highest BCUT2D eigenvalue weighted by molar-refractivity contribution is 5.76. The molecular weight excluding hydrogens is 231 g/mol. The third-order valence-corrected chi connectivity index (χ3v) is 3.42. The van der Waals surface area contributed by atoms with E-state index in [1.54, 1.807) is 30.1 Å². The van der Waals surface area contributed by atoms with E-state index in [9.17, 15) is 9.18 Å². The van der Waals surface area contributed by atoms with Crippen molar-refractivity contribution in [3.8, 4) is 0 Å². The minimum atomic E-state index is -0.250. The molecule has 1 fully saturated rings. The molecule has 0 aliphatic carbocycles. The number of nitrogens with zero attached hydrogens (tertiary/aromatic N) is 1. The standard InChI is InChI=1S/C14H19FN2O/c1-17(10-12-4-2-3-5-13(12)15)14(18)8-11-6-7-16-9-11/h2-5,11,16H,6-10H2,1H3/t11-/m1/s1. The number of amides is 1. The van der Waals surface area contributed by atoms with Gasteiger partial charge in [0.2, 0.25) is 5.91 Å². The second-order valence-electron chi connectivity index (χ2n) is 4.90. The lowest BCUT2D eigenvalue weighted by Gasteiger charge is -2.19. The molecule has 0 bridgehead atoms. The fourth-order valence-electron chi connectivity index (χ4n) is 2.26. The van der Waals surface area contributed by atoms with Gasteiger partial charge in [-0.1, -0.05) is 18.2 Å². The van der Waals surface area contributed by atoms with E-state index < -0.39 is 0 Å². The van der Waals surface area contributed by atoms with Crippen LogP contribution in [0, 0.1) is 11.7 Å². The van der Waals surface area contributed by atoms with Crippen LogP contribution in [0.1, 0.15) is 18.4 Å². The van der Waals surface area contributed by atoms with Crippen LogP contribution < -0.4 is 5.32 Å². The summed E-state index contributed by atoms with van der Waals surface area (Å²) in [7, 11) is 1.73. The monoisotopic (exact) mass is 250 g/mol. The Hall–Kier alpha value is -1.42. The second kappa shape index (κ2) is 5.96. The zero-order valence-corrected chi connectivity index (χ0v) is 10.7. The molecule has 4 heteroatoms. The van der Waals surface area contributed by atoms with Crippen molar-refractivity contribution in [2.45, 2.75) is 19.4 Å². The first-order chi connectivity index (χ1) is 8.66. The van der Waals surface area contributed by atoms with Gasteiger partial charge < -0.3 is 10.2 Å². The Kier molecular flexibility index (Phi) is 4.31. The zero-order valence-electron chi connectivity index (χ0n) is 10.7. The van der Waals surface area contributed by atoms with Gasteiger partial charge in [-0.15, -0.1) is 0 Å². The van der Waals surface area contributed by atoms with E-state index in [0.29, 0.717) is 24.4 Å². The van der Waals surface area contributed by atoms with E-state index in [1.807, 2.05) is 0 Å². The third-order valence-electron chi connectivity index (χ3n) is 3.42. The number of benzene rings is 1. The van der Waals surface area contributed by atoms with E-state index in [2.05, 4.69) is 5.32 Å². The summed E-state index contributed by atoms with van der Waals surface area (Å²) in [5, 5.41) is 3.24. The highest BCUT2D eigenvalue weighted by atomic mass is 19.1. The predicted octanol–water partition coefficient (Wildman–Crippen LogP) is 1.78. The summed E-state index contributed by atoms with van der Waals surface area (Å²) in [4.78, 5) is 13.6. The number of hydrogen-bond acceptors (Lipinski definition) is 2. The highest BCUT2D eigenvalue weighted by Crippen LogP contribution is 2.15. The molecule has 1 aliphatic heterocycles. The topological polar surface area (TPSA) is 32.3 Å². The van der Waals surface area contributed by atoms with Crippen LogP contribution in [-0.4, -0.2) is 30.9 Å². The molecule has 1 N–H and O–H groups in total. The van der Waals surface area contributed by atoms with E-state index in [1.165, 1.54) is 6.07 Å². The smallest absolute Gasteiger partial charge is 0.222 e. The molecule has 98 valence electrons. The Morgan fingerprint density at radius 2 is 2.28 bits per heavy atom. The summed E-state index contributed by atoms with van der Waals surface area (Å²) in [5.41, 5.74) is 0.567. The van der Waals surface area contributed by atoms with Gasteiger partial charge in [0.15, 0.2) is 0 Å². The van der Waals surface area contributed by atoms with Crippen LogP contribution in [0.15, 0.2) is 24.3 Å². The van der Waals surface area contributed by atoms with Gasteiger partial charge in [-0.25, -0.2) is 4.39 Å². The number of carbonyl (C=O) groups excluding carboxylic acids is 1. The molecule has 1 aliphatic rings. The molecule has 1 heterocycles. The van der Waals surface area contributed by atoms with Crippen molar-refractivity contribution in [3.05, 3.63) is 35.6 Å². The largest absolute Gasteiger partial charge is 0.341 e. The van der Waals surface area contributed by atoms with Crippen LogP contribution in [0.5, 0.6) is 0 Å². The molecular formula is C14H19FN2O. The van der Waals surface area contributed by atoms with Gasteiger partial charge in [0, 0.05) is 25.6 Å². The van der Waals surface area contributed by atoms with Gasteiger partial charge in [-0.3, -0.25) is 4.79 Å². The van der Waals surface area contributed by atoms with Crippen LogP contribution in [0.2, 0.25) is 0 Å². The van der Waals surface area contributed by atoms with Crippen molar-refractivity contribution in [1.82, 2.24) is 10.2 Å². The first kappa shape index (κ1) is 13.0. The van der Waals surface area contributed by atoms with Crippen LogP contribution in [0.25, 0.3) is 0 Å². The molecule has 0 unspecified atom stereocenters. The van der Waals surface area contributed by atoms with Gasteiger partial charge in [0.1, 0.15) is 5.82 Å². The zero-order chi connectivity index (χ0) is 13.0. The average Bonchev–Trinajstić information content (AvgIpc) is 2.84. The molecule has 18 heavy (non-hydrogen) atoms. The van der Waals surface area contributed by atoms with Crippen molar-refractivity contribution in [2.75, 3.05) is 20.1 Å². The molecule has 0 spiro atoms. The minimum absolute atomic E-state index is 0.0898. The first-order valence-electron chi connectivity index (χ1n) is 6.35. The molecule has 0 saturated carbocycles. The van der Waals surface area contributed by atoms with Gasteiger partial charge in [-0.05, 0) is 31.5 Å². The Balaban J connectivity index is 1.89. The van der Waals surface area contributed by atoms with Crippen molar-refractivity contribution in [2.24, 2.45) is 5.92 Å². The van der Waals surface area contributed by atoms with Gasteiger partial charge in [-0.2, -0.15) is 0 Å². The Morgan fingerprint density at radius 1 is 1.50 bits per heavy atom. The maximum Gasteiger partial charge on any atom is 0.222 e. The molecule has 3 nitrogen and oxygen atoms in total. The Morgan fingerprint density at radius 3 is 2.94 bits per heavy atom. The number of rotatable bonds is 4. The van der Waals surface area contributed by atoms with Crippen molar-refractivity contribution in [1.29, 1.82) is 0 Å². The summed E-state index contributed by atoms with van der Waals surface area (Å²) < 4.78 is 13.5. The number of carbonyl (C=O) groups is 1. The Labute approximate surface area is 107 Å². The molecule has 1 amide bonds. The maximum absolute atomic E-state index is 13.5. The van der Waals surface area contributed by atoms with E-state index in [4.69, 9.17) is 0 Å². The summed E-state index contributed by atoms with van der Waals surface area (Å²) in [5.74, 6) is 0.271. The van der Waals surface area contributed by atoms with Crippen LogP contribution in [0.4, 0.5) is 4.39 Å². The summed E-state index contributed by atoms with van der Waals surface area (Å²) >= 11 is 0. The average molecular weight is 250 g/mol. The van der Waals surface area contributed by atoms with Crippen molar-refractivity contribution in [3.63, 3.8) is 0 Å². The van der Waals surface area contributed by atoms with Crippen molar-refractivity contribution < 1.29 is 9.18 Å². The maximum atomic E-state index is 13.5. The van der Waals surface area contributed by atoms with Crippen LogP contribution in [-0.2, 0) is 11.3 Å². The van der Waals surface area contributed by atoms with E-state index in [0.717, 1.165) is 19.5 Å². The normalized spacial score (nSPS) is 18.9. The van der Waals surface area contributed by atoms with Gasteiger partial charge in [0.05, 0.1) is 0 Å². The summed E-state index contributed by atoms with van der Waals surface area (Å²) in [6, 6.07) is 6.59. The fourth-order valence-corrected chi connectivity index (χ4v) is 2.26. The number of nitrogens with one attached hydrogen (secondary N) is 1. The molecule has 1 aromatic carbocycles. The molecule has 1 aromatic rings. The molecule has 0 radical (unpaired) electrons. The predicted molar refractivity (Wildman–Crippen MR) is 68.5 cm³/mol. The fraction of sp³-hybridized carbons (Fsp3) is 0.500. The minimum Gasteiger partial charge on any atom is -0.341 e. The lowest BCUT2D eigenvalue weighted by Crippen LogP contribution is -2.28. The number of hydrogen-bond donors (Lipinski definition) is 1. The van der Waals surface area contributed by atoms with E-state index in [-0.39, 0.29) is 11.7 Å². The first-order valence-corrected chi connectivity index (χ1v) is 6.35. The molecule has 1 saturated heterocycles. The van der Waals surface area contributed by atoms with Gasteiger partial charge in [0.25, 0.3) is 0 Å². The lowest BCUT2D eigenvalue weighted by atomic mass is 10.0. The SMILES string of the molecule is CN(Cc1ccccc1F)C(=O)C[C@H]1CCNC1. The van der Waals surface area contributed by atoms with Crippen molar-refractivity contribution >= 4 is 5.91 Å².